The fourth-order valence-corrected chi connectivity index (χ4v) is 3.38. The van der Waals surface area contributed by atoms with Gasteiger partial charge in [0.05, 0.1) is 13.2 Å². The van der Waals surface area contributed by atoms with Gasteiger partial charge in [0.1, 0.15) is 0 Å². The third-order valence-corrected chi connectivity index (χ3v) is 5.12. The van der Waals surface area contributed by atoms with Crippen molar-refractivity contribution < 1.29 is 14.3 Å². The molecule has 1 unspecified atom stereocenters. The average Bonchev–Trinajstić information content (AvgIpc) is 2.57. The van der Waals surface area contributed by atoms with E-state index in [1.165, 1.54) is 70.6 Å². The molecule has 1 fully saturated rings. The molecule has 1 heterocycles. The van der Waals surface area contributed by atoms with Gasteiger partial charge in [-0.15, -0.1) is 0 Å². The molecule has 0 N–H and O–H groups in total. The second-order valence-corrected chi connectivity index (χ2v) is 7.29. The van der Waals surface area contributed by atoms with E-state index in [9.17, 15) is 4.79 Å². The minimum absolute atomic E-state index is 0.154. The molecule has 0 aromatic rings. The maximum absolute atomic E-state index is 12.0. The number of allylic oxidation sites excluding steroid dienone is 2. The largest absolute Gasteiger partial charge is 0.464 e. The monoisotopic (exact) mass is 352 g/mol. The summed E-state index contributed by atoms with van der Waals surface area (Å²) in [5.74, 6) is -0.154. The molecule has 3 heteroatoms. The van der Waals surface area contributed by atoms with E-state index in [1.54, 1.807) is 0 Å². The summed E-state index contributed by atoms with van der Waals surface area (Å²) in [6.45, 7) is 5.25. The summed E-state index contributed by atoms with van der Waals surface area (Å²) < 4.78 is 10.7. The predicted octanol–water partition coefficient (Wildman–Crippen LogP) is 6.36. The molecule has 1 rings (SSSR count). The van der Waals surface area contributed by atoms with Gasteiger partial charge in [0.25, 0.3) is 0 Å². The van der Waals surface area contributed by atoms with Crippen LogP contribution < -0.4 is 0 Å². The molecule has 1 aliphatic heterocycles. The van der Waals surface area contributed by atoms with Crippen LogP contribution in [0.4, 0.5) is 0 Å². The van der Waals surface area contributed by atoms with Gasteiger partial charge in [-0.2, -0.15) is 0 Å². The second kappa shape index (κ2) is 14.4. The molecular formula is C22H40O3. The first-order valence-electron chi connectivity index (χ1n) is 10.7. The number of carbonyl (C=O) groups is 1. The normalized spacial score (nSPS) is 19.9. The molecule has 0 bridgehead atoms. The molecule has 0 saturated carbocycles. The zero-order valence-electron chi connectivity index (χ0n) is 16.7. The first-order valence-corrected chi connectivity index (χ1v) is 10.7. The third-order valence-electron chi connectivity index (χ3n) is 5.12. The second-order valence-electron chi connectivity index (χ2n) is 7.29. The Bertz CT molecular complexity index is 358. The quantitative estimate of drug-likeness (QED) is 0.184. The smallest absolute Gasteiger partial charge is 0.338 e. The van der Waals surface area contributed by atoms with E-state index in [0.29, 0.717) is 13.2 Å². The van der Waals surface area contributed by atoms with Crippen molar-refractivity contribution in [2.24, 2.45) is 0 Å². The summed E-state index contributed by atoms with van der Waals surface area (Å²) in [5, 5.41) is 0. The number of carbonyl (C=O) groups excluding carboxylic acids is 1. The number of hydrogen-bond donors (Lipinski definition) is 0. The number of esters is 1. The first-order chi connectivity index (χ1) is 12.2. The molecule has 3 nitrogen and oxygen atoms in total. The van der Waals surface area contributed by atoms with Crippen LogP contribution in [0.25, 0.3) is 0 Å². The number of hydrogen-bond acceptors (Lipinski definition) is 3. The highest BCUT2D eigenvalue weighted by molar-refractivity contribution is 5.80. The molecule has 1 atom stereocenters. The van der Waals surface area contributed by atoms with Crippen LogP contribution in [0.1, 0.15) is 104 Å². The van der Waals surface area contributed by atoms with Gasteiger partial charge in [0.2, 0.25) is 0 Å². The highest BCUT2D eigenvalue weighted by atomic mass is 16.6. The summed E-state index contributed by atoms with van der Waals surface area (Å²) in [4.78, 5) is 12.0. The van der Waals surface area contributed by atoms with E-state index in [0.717, 1.165) is 19.3 Å². The number of ether oxygens (including phenoxy) is 2. The summed E-state index contributed by atoms with van der Waals surface area (Å²) in [6.07, 6.45) is 21.8. The lowest BCUT2D eigenvalue weighted by Crippen LogP contribution is -2.51. The van der Waals surface area contributed by atoms with E-state index in [-0.39, 0.29) is 5.97 Å². The topological polar surface area (TPSA) is 35.5 Å². The lowest BCUT2D eigenvalue weighted by atomic mass is 9.88. The van der Waals surface area contributed by atoms with Crippen molar-refractivity contribution in [1.82, 2.24) is 0 Å². The SMILES string of the molecule is CCCCCCCC/C=C\CCCCCCC1(C(=O)OCC)CCO1. The summed E-state index contributed by atoms with van der Waals surface area (Å²) in [6, 6.07) is 0. The van der Waals surface area contributed by atoms with Crippen molar-refractivity contribution in [1.29, 1.82) is 0 Å². The van der Waals surface area contributed by atoms with Crippen molar-refractivity contribution in [2.75, 3.05) is 13.2 Å². The summed E-state index contributed by atoms with van der Waals surface area (Å²) in [5.41, 5.74) is -0.604. The lowest BCUT2D eigenvalue weighted by molar-refractivity contribution is -0.201. The van der Waals surface area contributed by atoms with E-state index in [1.807, 2.05) is 6.92 Å². The molecule has 25 heavy (non-hydrogen) atoms. The van der Waals surface area contributed by atoms with Crippen LogP contribution in [0.15, 0.2) is 12.2 Å². The van der Waals surface area contributed by atoms with Crippen LogP contribution in [-0.2, 0) is 14.3 Å². The average molecular weight is 353 g/mol. The van der Waals surface area contributed by atoms with Crippen LogP contribution in [0, 0.1) is 0 Å². The van der Waals surface area contributed by atoms with E-state index >= 15 is 0 Å². The van der Waals surface area contributed by atoms with Gasteiger partial charge in [0, 0.05) is 6.42 Å². The Hall–Kier alpha value is -0.830. The zero-order valence-corrected chi connectivity index (χ0v) is 16.7. The molecule has 0 aromatic heterocycles. The van der Waals surface area contributed by atoms with Gasteiger partial charge in [-0.3, -0.25) is 0 Å². The number of rotatable bonds is 16. The Balaban J connectivity index is 1.91. The van der Waals surface area contributed by atoms with Gasteiger partial charge in [-0.1, -0.05) is 64.0 Å². The fraction of sp³-hybridized carbons (Fsp3) is 0.864. The Morgan fingerprint density at radius 3 is 2.00 bits per heavy atom. The van der Waals surface area contributed by atoms with Crippen LogP contribution in [-0.4, -0.2) is 24.8 Å². The summed E-state index contributed by atoms with van der Waals surface area (Å²) in [7, 11) is 0. The van der Waals surface area contributed by atoms with Crippen molar-refractivity contribution >= 4 is 5.97 Å². The molecule has 146 valence electrons. The maximum atomic E-state index is 12.0. The molecule has 0 aliphatic carbocycles. The molecule has 0 amide bonds. The van der Waals surface area contributed by atoms with Crippen LogP contribution in [0.2, 0.25) is 0 Å². The van der Waals surface area contributed by atoms with E-state index in [4.69, 9.17) is 9.47 Å². The van der Waals surface area contributed by atoms with Crippen LogP contribution in [0.5, 0.6) is 0 Å². The maximum Gasteiger partial charge on any atom is 0.338 e. The molecular weight excluding hydrogens is 312 g/mol. The van der Waals surface area contributed by atoms with Crippen LogP contribution in [0.3, 0.4) is 0 Å². The fourth-order valence-electron chi connectivity index (χ4n) is 3.38. The molecule has 0 radical (unpaired) electrons. The minimum Gasteiger partial charge on any atom is -0.464 e. The van der Waals surface area contributed by atoms with Gasteiger partial charge in [-0.25, -0.2) is 4.79 Å². The molecule has 0 aromatic carbocycles. The molecule has 1 aliphatic rings. The van der Waals surface area contributed by atoms with Gasteiger partial charge in [0.15, 0.2) is 5.60 Å². The summed E-state index contributed by atoms with van der Waals surface area (Å²) >= 11 is 0. The standard InChI is InChI=1S/C22H40O3/c1-3-5-6-7-8-9-10-11-12-13-14-15-16-17-18-22(19-20-25-22)21(23)24-4-2/h11-12H,3-10,13-20H2,1-2H3/b12-11-. The zero-order chi connectivity index (χ0) is 18.2. The Labute approximate surface area is 155 Å². The van der Waals surface area contributed by atoms with Gasteiger partial charge >= 0.3 is 5.97 Å². The Morgan fingerprint density at radius 2 is 1.48 bits per heavy atom. The van der Waals surface area contributed by atoms with Gasteiger partial charge < -0.3 is 9.47 Å². The minimum atomic E-state index is -0.604. The van der Waals surface area contributed by atoms with Gasteiger partial charge in [-0.05, 0) is 45.4 Å². The van der Waals surface area contributed by atoms with E-state index < -0.39 is 5.60 Å². The molecule has 1 saturated heterocycles. The van der Waals surface area contributed by atoms with E-state index in [2.05, 4.69) is 19.1 Å². The Kier molecular flexibility index (Phi) is 12.8. The lowest BCUT2D eigenvalue weighted by Gasteiger charge is -2.39. The third kappa shape index (κ3) is 9.44. The Morgan fingerprint density at radius 1 is 0.920 bits per heavy atom. The predicted molar refractivity (Wildman–Crippen MR) is 105 cm³/mol. The first kappa shape index (κ1) is 22.2. The highest BCUT2D eigenvalue weighted by Gasteiger charge is 2.46. The molecule has 0 spiro atoms. The van der Waals surface area contributed by atoms with Crippen molar-refractivity contribution in [3.8, 4) is 0 Å². The van der Waals surface area contributed by atoms with Crippen molar-refractivity contribution in [2.45, 2.75) is 109 Å². The van der Waals surface area contributed by atoms with Crippen molar-refractivity contribution in [3.63, 3.8) is 0 Å². The highest BCUT2D eigenvalue weighted by Crippen LogP contribution is 2.33. The number of unbranched alkanes of at least 4 members (excludes halogenated alkanes) is 10. The van der Waals surface area contributed by atoms with Crippen molar-refractivity contribution in [3.05, 3.63) is 12.2 Å². The van der Waals surface area contributed by atoms with Crippen LogP contribution >= 0.6 is 0 Å².